The number of benzene rings is 2. The number of hydrogen-bond donors (Lipinski definition) is 2. The number of carbonyl (C=O) groups excluding carboxylic acids is 2. The highest BCUT2D eigenvalue weighted by atomic mass is 16.5. The summed E-state index contributed by atoms with van der Waals surface area (Å²) in [4.78, 5) is 23.8. The van der Waals surface area contributed by atoms with E-state index < -0.39 is 18.5 Å². The van der Waals surface area contributed by atoms with E-state index in [4.69, 9.17) is 4.74 Å². The Morgan fingerprint density at radius 3 is 2.43 bits per heavy atom. The van der Waals surface area contributed by atoms with Crippen molar-refractivity contribution in [2.45, 2.75) is 20.8 Å². The molecular formula is C18H19NO4. The first kappa shape index (κ1) is 16.5. The standard InChI is InChI=1S/C18H19NO4/c1-11-6-5-9-15(13(11)3)19-16(20)10-23-18(22)14-8-4-7-12(2)17(14)21/h4-9,21H,10H2,1-3H3,(H,19,20). The Bertz CT molecular complexity index is 753. The van der Waals surface area contributed by atoms with Crippen molar-refractivity contribution in [2.75, 3.05) is 11.9 Å². The third-order valence-electron chi connectivity index (χ3n) is 3.67. The van der Waals surface area contributed by atoms with Gasteiger partial charge in [-0.1, -0.05) is 24.3 Å². The molecule has 0 spiro atoms. The molecule has 2 N–H and O–H groups in total. The molecule has 0 bridgehead atoms. The fourth-order valence-electron chi connectivity index (χ4n) is 2.11. The van der Waals surface area contributed by atoms with Gasteiger partial charge in [-0.25, -0.2) is 4.79 Å². The molecule has 0 aliphatic carbocycles. The number of rotatable bonds is 4. The van der Waals surface area contributed by atoms with Crippen LogP contribution in [-0.4, -0.2) is 23.6 Å². The van der Waals surface area contributed by atoms with E-state index >= 15 is 0 Å². The number of nitrogens with one attached hydrogen (secondary N) is 1. The van der Waals surface area contributed by atoms with Gasteiger partial charge in [0.1, 0.15) is 11.3 Å². The minimum Gasteiger partial charge on any atom is -0.507 e. The quantitative estimate of drug-likeness (QED) is 0.850. The zero-order chi connectivity index (χ0) is 17.0. The van der Waals surface area contributed by atoms with E-state index in [1.165, 1.54) is 6.07 Å². The van der Waals surface area contributed by atoms with E-state index in [0.29, 0.717) is 11.3 Å². The molecule has 0 saturated carbocycles. The number of esters is 1. The lowest BCUT2D eigenvalue weighted by Crippen LogP contribution is -2.21. The van der Waals surface area contributed by atoms with Crippen molar-refractivity contribution in [1.29, 1.82) is 0 Å². The van der Waals surface area contributed by atoms with Crippen LogP contribution in [0.5, 0.6) is 5.75 Å². The molecule has 0 fully saturated rings. The molecule has 5 heteroatoms. The molecule has 0 aliphatic rings. The highest BCUT2D eigenvalue weighted by Gasteiger charge is 2.15. The molecule has 0 saturated heterocycles. The van der Waals surface area contributed by atoms with E-state index in [9.17, 15) is 14.7 Å². The van der Waals surface area contributed by atoms with Gasteiger partial charge in [0.25, 0.3) is 5.91 Å². The molecule has 0 aliphatic heterocycles. The van der Waals surface area contributed by atoms with Crippen LogP contribution in [0.3, 0.4) is 0 Å². The molecule has 2 rings (SSSR count). The number of carbonyl (C=O) groups is 2. The Hall–Kier alpha value is -2.82. The molecule has 0 radical (unpaired) electrons. The summed E-state index contributed by atoms with van der Waals surface area (Å²) >= 11 is 0. The molecule has 1 amide bonds. The minimum absolute atomic E-state index is 0.0459. The third kappa shape index (κ3) is 3.88. The Morgan fingerprint density at radius 1 is 1.04 bits per heavy atom. The van der Waals surface area contributed by atoms with E-state index in [0.717, 1.165) is 11.1 Å². The number of para-hydroxylation sites is 1. The largest absolute Gasteiger partial charge is 0.507 e. The average molecular weight is 313 g/mol. The minimum atomic E-state index is -0.734. The highest BCUT2D eigenvalue weighted by molar-refractivity contribution is 5.97. The maximum atomic E-state index is 11.9. The van der Waals surface area contributed by atoms with Crippen LogP contribution in [0.15, 0.2) is 36.4 Å². The number of amides is 1. The number of phenolic OH excluding ortho intramolecular Hbond substituents is 1. The number of anilines is 1. The second-order valence-electron chi connectivity index (χ2n) is 5.34. The molecular weight excluding hydrogens is 294 g/mol. The summed E-state index contributed by atoms with van der Waals surface area (Å²) in [6.07, 6.45) is 0. The zero-order valence-corrected chi connectivity index (χ0v) is 13.3. The lowest BCUT2D eigenvalue weighted by molar-refractivity contribution is -0.119. The Morgan fingerprint density at radius 2 is 1.70 bits per heavy atom. The summed E-state index contributed by atoms with van der Waals surface area (Å²) in [6, 6.07) is 10.4. The van der Waals surface area contributed by atoms with Gasteiger partial charge in [-0.3, -0.25) is 4.79 Å². The van der Waals surface area contributed by atoms with Crippen molar-refractivity contribution in [3.63, 3.8) is 0 Å². The monoisotopic (exact) mass is 313 g/mol. The van der Waals surface area contributed by atoms with Gasteiger partial charge in [0, 0.05) is 5.69 Å². The van der Waals surface area contributed by atoms with Gasteiger partial charge in [0.15, 0.2) is 6.61 Å². The SMILES string of the molecule is Cc1cccc(NC(=O)COC(=O)c2cccc(C)c2O)c1C. The van der Waals surface area contributed by atoms with Crippen LogP contribution in [0, 0.1) is 20.8 Å². The van der Waals surface area contributed by atoms with Gasteiger partial charge in [-0.05, 0) is 49.6 Å². The summed E-state index contributed by atoms with van der Waals surface area (Å²) in [5.41, 5.74) is 3.32. The second kappa shape index (κ2) is 6.96. The van der Waals surface area contributed by atoms with Crippen LogP contribution in [0.1, 0.15) is 27.0 Å². The van der Waals surface area contributed by atoms with Crippen LogP contribution >= 0.6 is 0 Å². The Kier molecular flexibility index (Phi) is 5.01. The molecule has 0 heterocycles. The predicted molar refractivity (Wildman–Crippen MR) is 87.7 cm³/mol. The van der Waals surface area contributed by atoms with Crippen LogP contribution in [0.4, 0.5) is 5.69 Å². The van der Waals surface area contributed by atoms with Crippen LogP contribution in [-0.2, 0) is 9.53 Å². The molecule has 0 atom stereocenters. The van der Waals surface area contributed by atoms with Crippen molar-refractivity contribution >= 4 is 17.6 Å². The number of hydrogen-bond acceptors (Lipinski definition) is 4. The summed E-state index contributed by atoms with van der Waals surface area (Å²) in [7, 11) is 0. The van der Waals surface area contributed by atoms with E-state index in [-0.39, 0.29) is 11.3 Å². The van der Waals surface area contributed by atoms with Gasteiger partial charge in [-0.2, -0.15) is 0 Å². The first-order chi connectivity index (χ1) is 10.9. The van der Waals surface area contributed by atoms with E-state index in [1.807, 2.05) is 26.0 Å². The number of aryl methyl sites for hydroxylation is 2. The van der Waals surface area contributed by atoms with Crippen molar-refractivity contribution < 1.29 is 19.4 Å². The first-order valence-electron chi connectivity index (χ1n) is 7.22. The zero-order valence-electron chi connectivity index (χ0n) is 13.3. The van der Waals surface area contributed by atoms with Crippen LogP contribution in [0.25, 0.3) is 0 Å². The molecule has 0 unspecified atom stereocenters. The second-order valence-corrected chi connectivity index (χ2v) is 5.34. The molecule has 2 aromatic rings. The van der Waals surface area contributed by atoms with Gasteiger partial charge in [-0.15, -0.1) is 0 Å². The topological polar surface area (TPSA) is 75.6 Å². The lowest BCUT2D eigenvalue weighted by atomic mass is 10.1. The fourth-order valence-corrected chi connectivity index (χ4v) is 2.11. The van der Waals surface area contributed by atoms with Gasteiger partial charge < -0.3 is 15.2 Å². The normalized spacial score (nSPS) is 10.2. The molecule has 120 valence electrons. The van der Waals surface area contributed by atoms with E-state index in [1.54, 1.807) is 25.1 Å². The lowest BCUT2D eigenvalue weighted by Gasteiger charge is -2.11. The summed E-state index contributed by atoms with van der Waals surface area (Å²) in [6.45, 7) is 5.12. The molecule has 2 aromatic carbocycles. The number of ether oxygens (including phenoxy) is 1. The Balaban J connectivity index is 1.98. The van der Waals surface area contributed by atoms with Crippen molar-refractivity contribution in [1.82, 2.24) is 0 Å². The summed E-state index contributed by atoms with van der Waals surface area (Å²) < 4.78 is 4.96. The van der Waals surface area contributed by atoms with Crippen molar-refractivity contribution in [3.8, 4) is 5.75 Å². The van der Waals surface area contributed by atoms with Crippen LogP contribution in [0.2, 0.25) is 0 Å². The molecule has 23 heavy (non-hydrogen) atoms. The maximum Gasteiger partial charge on any atom is 0.342 e. The van der Waals surface area contributed by atoms with Gasteiger partial charge in [0.05, 0.1) is 0 Å². The molecule has 0 aromatic heterocycles. The van der Waals surface area contributed by atoms with Crippen LogP contribution < -0.4 is 5.32 Å². The van der Waals surface area contributed by atoms with Crippen molar-refractivity contribution in [2.24, 2.45) is 0 Å². The smallest absolute Gasteiger partial charge is 0.342 e. The van der Waals surface area contributed by atoms with E-state index in [2.05, 4.69) is 5.32 Å². The fraction of sp³-hybridized carbons (Fsp3) is 0.222. The Labute approximate surface area is 134 Å². The summed E-state index contributed by atoms with van der Waals surface area (Å²) in [5, 5.41) is 12.5. The summed E-state index contributed by atoms with van der Waals surface area (Å²) in [5.74, 6) is -1.30. The predicted octanol–water partition coefficient (Wildman–Crippen LogP) is 3.11. The van der Waals surface area contributed by atoms with Gasteiger partial charge >= 0.3 is 5.97 Å². The average Bonchev–Trinajstić information content (AvgIpc) is 2.52. The number of aromatic hydroxyl groups is 1. The van der Waals surface area contributed by atoms with Gasteiger partial charge in [0.2, 0.25) is 0 Å². The molecule has 5 nitrogen and oxygen atoms in total. The highest BCUT2D eigenvalue weighted by Crippen LogP contribution is 2.22. The third-order valence-corrected chi connectivity index (χ3v) is 3.67. The maximum absolute atomic E-state index is 11.9. The van der Waals surface area contributed by atoms with Crippen molar-refractivity contribution in [3.05, 3.63) is 58.7 Å². The number of phenols is 1. The first-order valence-corrected chi connectivity index (χ1v) is 7.22.